The van der Waals surface area contributed by atoms with E-state index in [9.17, 15) is 4.79 Å². The molecule has 6 nitrogen and oxygen atoms in total. The first-order valence-corrected chi connectivity index (χ1v) is 9.28. The lowest BCUT2D eigenvalue weighted by Gasteiger charge is -2.19. The summed E-state index contributed by atoms with van der Waals surface area (Å²) < 4.78 is 10.9. The number of hydrogen-bond donors (Lipinski definition) is 3. The highest BCUT2D eigenvalue weighted by Crippen LogP contribution is 2.18. The molecule has 0 radical (unpaired) electrons. The molecule has 0 spiro atoms. The first kappa shape index (κ1) is 22.3. The van der Waals surface area contributed by atoms with Crippen LogP contribution in [-0.4, -0.2) is 41.7 Å². The van der Waals surface area contributed by atoms with Gasteiger partial charge < -0.3 is 19.7 Å². The number of aliphatic hydroxyl groups excluding tert-OH is 2. The Hall–Kier alpha value is -1.79. The van der Waals surface area contributed by atoms with E-state index in [1.54, 1.807) is 12.1 Å². The maximum atomic E-state index is 11.7. The highest BCUT2D eigenvalue weighted by Gasteiger charge is 2.16. The topological polar surface area (TPSA) is 88.0 Å². The number of amides is 1. The number of rotatable bonds is 11. The molecule has 0 saturated carbocycles. The molecule has 1 aromatic rings. The molecular formula is C20H33NO5. The molecule has 0 fully saturated rings. The molecule has 0 atom stereocenters. The smallest absolute Gasteiger partial charge is 0.412 e. The van der Waals surface area contributed by atoms with Crippen LogP contribution in [0.5, 0.6) is 5.75 Å². The van der Waals surface area contributed by atoms with Crippen LogP contribution in [0.4, 0.5) is 10.5 Å². The van der Waals surface area contributed by atoms with Crippen LogP contribution < -0.4 is 10.1 Å². The van der Waals surface area contributed by atoms with E-state index in [2.05, 4.69) is 5.32 Å². The zero-order chi connectivity index (χ0) is 19.4. The molecule has 1 amide bonds. The van der Waals surface area contributed by atoms with Gasteiger partial charge in [-0.15, -0.1) is 0 Å². The van der Waals surface area contributed by atoms with Gasteiger partial charge in [0.05, 0.1) is 6.61 Å². The van der Waals surface area contributed by atoms with Crippen molar-refractivity contribution in [3.63, 3.8) is 0 Å². The average Bonchev–Trinajstić information content (AvgIpc) is 2.57. The number of ether oxygens (including phenoxy) is 2. The average molecular weight is 367 g/mol. The molecule has 148 valence electrons. The van der Waals surface area contributed by atoms with Crippen molar-refractivity contribution in [1.29, 1.82) is 0 Å². The van der Waals surface area contributed by atoms with Crippen LogP contribution in [0.15, 0.2) is 24.3 Å². The Morgan fingerprint density at radius 1 is 1.04 bits per heavy atom. The van der Waals surface area contributed by atoms with E-state index < -0.39 is 11.7 Å². The van der Waals surface area contributed by atoms with Gasteiger partial charge in [0.15, 0.2) is 0 Å². The third kappa shape index (κ3) is 10.3. The van der Waals surface area contributed by atoms with E-state index in [-0.39, 0.29) is 19.1 Å². The number of carbonyl (C=O) groups is 1. The zero-order valence-corrected chi connectivity index (χ0v) is 16.2. The highest BCUT2D eigenvalue weighted by atomic mass is 16.6. The molecule has 1 aromatic carbocycles. The van der Waals surface area contributed by atoms with Gasteiger partial charge in [-0.2, -0.15) is 0 Å². The van der Waals surface area contributed by atoms with Gasteiger partial charge in [0, 0.05) is 24.8 Å². The summed E-state index contributed by atoms with van der Waals surface area (Å²) in [5.74, 6) is 0.777. The molecule has 6 heteroatoms. The van der Waals surface area contributed by atoms with E-state index >= 15 is 0 Å². The fraction of sp³-hybridized carbons (Fsp3) is 0.650. The van der Waals surface area contributed by atoms with E-state index in [0.717, 1.165) is 37.9 Å². The monoisotopic (exact) mass is 367 g/mol. The summed E-state index contributed by atoms with van der Waals surface area (Å²) in [4.78, 5) is 11.7. The Bertz CT molecular complexity index is 506. The van der Waals surface area contributed by atoms with E-state index in [1.807, 2.05) is 32.9 Å². The second kappa shape index (κ2) is 11.8. The Morgan fingerprint density at radius 2 is 1.65 bits per heavy atom. The number of unbranched alkanes of at least 4 members (excludes halogenated alkanes) is 3. The molecule has 0 heterocycles. The van der Waals surface area contributed by atoms with Gasteiger partial charge in [-0.1, -0.05) is 19.3 Å². The first-order valence-electron chi connectivity index (χ1n) is 9.28. The molecule has 0 aliphatic rings. The van der Waals surface area contributed by atoms with Gasteiger partial charge >= 0.3 is 6.09 Å². The Kier molecular flexibility index (Phi) is 10.1. The molecule has 0 aromatic heterocycles. The summed E-state index contributed by atoms with van der Waals surface area (Å²) in [6.45, 7) is 6.21. The largest absolute Gasteiger partial charge is 0.494 e. The van der Waals surface area contributed by atoms with Crippen molar-refractivity contribution in [2.45, 2.75) is 58.5 Å². The van der Waals surface area contributed by atoms with Crippen LogP contribution in [0.2, 0.25) is 0 Å². The molecule has 0 bridgehead atoms. The predicted octanol–water partition coefficient (Wildman–Crippen LogP) is 3.96. The van der Waals surface area contributed by atoms with E-state index in [0.29, 0.717) is 12.3 Å². The Balaban J connectivity index is 2.18. The van der Waals surface area contributed by atoms with Gasteiger partial charge in [0.25, 0.3) is 0 Å². The first-order chi connectivity index (χ1) is 12.3. The Morgan fingerprint density at radius 3 is 2.23 bits per heavy atom. The molecule has 0 saturated heterocycles. The highest BCUT2D eigenvalue weighted by molar-refractivity contribution is 5.84. The van der Waals surface area contributed by atoms with Gasteiger partial charge in [0.2, 0.25) is 0 Å². The van der Waals surface area contributed by atoms with Crippen molar-refractivity contribution >= 4 is 11.8 Å². The number of aliphatic hydroxyl groups is 2. The van der Waals surface area contributed by atoms with Crippen molar-refractivity contribution in [1.82, 2.24) is 0 Å². The standard InChI is InChI=1S/C20H33NO5/c1-20(2,3)26-19(24)21-17-9-11-18(12-10-17)25-13-7-5-4-6-8-16(14-22)15-23/h9-12,16,22-23H,4-8,13-15H2,1-3H3,(H,21,24). The summed E-state index contributed by atoms with van der Waals surface area (Å²) in [7, 11) is 0. The van der Waals surface area contributed by atoms with Crippen LogP contribution in [0, 0.1) is 5.92 Å². The number of carbonyl (C=O) groups excluding carboxylic acids is 1. The molecular weight excluding hydrogens is 334 g/mol. The van der Waals surface area contributed by atoms with E-state index in [1.165, 1.54) is 0 Å². The van der Waals surface area contributed by atoms with Gasteiger partial charge in [-0.25, -0.2) is 4.79 Å². The molecule has 1 rings (SSSR count). The van der Waals surface area contributed by atoms with Crippen LogP contribution in [0.25, 0.3) is 0 Å². The second-order valence-corrected chi connectivity index (χ2v) is 7.43. The van der Waals surface area contributed by atoms with Crippen LogP contribution in [0.3, 0.4) is 0 Å². The number of anilines is 1. The Labute approximate surface area is 156 Å². The fourth-order valence-electron chi connectivity index (χ4n) is 2.37. The normalized spacial score (nSPS) is 11.5. The van der Waals surface area contributed by atoms with Crippen molar-refractivity contribution in [3.8, 4) is 5.75 Å². The van der Waals surface area contributed by atoms with Crippen molar-refractivity contribution < 1.29 is 24.5 Å². The lowest BCUT2D eigenvalue weighted by molar-refractivity contribution is 0.0636. The minimum Gasteiger partial charge on any atom is -0.494 e. The summed E-state index contributed by atoms with van der Waals surface area (Å²) in [6, 6.07) is 7.20. The van der Waals surface area contributed by atoms with Gasteiger partial charge in [-0.3, -0.25) is 5.32 Å². The summed E-state index contributed by atoms with van der Waals surface area (Å²) in [6.07, 6.45) is 4.48. The fourth-order valence-corrected chi connectivity index (χ4v) is 2.37. The van der Waals surface area contributed by atoms with Crippen LogP contribution >= 0.6 is 0 Å². The zero-order valence-electron chi connectivity index (χ0n) is 16.2. The van der Waals surface area contributed by atoms with Crippen molar-refractivity contribution in [2.75, 3.05) is 25.1 Å². The van der Waals surface area contributed by atoms with Gasteiger partial charge in [-0.05, 0) is 57.9 Å². The summed E-state index contributed by atoms with van der Waals surface area (Å²) in [5.41, 5.74) is 0.137. The van der Waals surface area contributed by atoms with Crippen LogP contribution in [-0.2, 0) is 4.74 Å². The molecule has 3 N–H and O–H groups in total. The van der Waals surface area contributed by atoms with Crippen molar-refractivity contribution in [2.24, 2.45) is 5.92 Å². The SMILES string of the molecule is CC(C)(C)OC(=O)Nc1ccc(OCCCCCCC(CO)CO)cc1. The minimum absolute atomic E-state index is 0.0130. The third-order valence-corrected chi connectivity index (χ3v) is 3.79. The second-order valence-electron chi connectivity index (χ2n) is 7.43. The minimum atomic E-state index is -0.524. The summed E-state index contributed by atoms with van der Waals surface area (Å²) >= 11 is 0. The third-order valence-electron chi connectivity index (χ3n) is 3.79. The van der Waals surface area contributed by atoms with Crippen molar-refractivity contribution in [3.05, 3.63) is 24.3 Å². The number of hydrogen-bond acceptors (Lipinski definition) is 5. The van der Waals surface area contributed by atoms with Gasteiger partial charge in [0.1, 0.15) is 11.4 Å². The lowest BCUT2D eigenvalue weighted by Crippen LogP contribution is -2.27. The maximum absolute atomic E-state index is 11.7. The van der Waals surface area contributed by atoms with Crippen LogP contribution in [0.1, 0.15) is 52.9 Å². The molecule has 26 heavy (non-hydrogen) atoms. The number of benzene rings is 1. The molecule has 0 unspecified atom stereocenters. The molecule has 0 aliphatic heterocycles. The van der Waals surface area contributed by atoms with E-state index in [4.69, 9.17) is 19.7 Å². The lowest BCUT2D eigenvalue weighted by atomic mass is 10.0. The molecule has 0 aliphatic carbocycles. The maximum Gasteiger partial charge on any atom is 0.412 e. The quantitative estimate of drug-likeness (QED) is 0.515. The number of nitrogens with one attached hydrogen (secondary N) is 1. The summed E-state index contributed by atoms with van der Waals surface area (Å²) in [5, 5.41) is 20.7. The predicted molar refractivity (Wildman–Crippen MR) is 103 cm³/mol.